The number of allylic oxidation sites excluding steroid dienone is 1. The Morgan fingerprint density at radius 1 is 1.33 bits per heavy atom. The van der Waals surface area contributed by atoms with Crippen molar-refractivity contribution >= 4 is 11.9 Å². The number of aliphatic hydroxyl groups is 1. The van der Waals surface area contributed by atoms with Gasteiger partial charge in [0.05, 0.1) is 18.6 Å². The lowest BCUT2D eigenvalue weighted by Gasteiger charge is -2.30. The van der Waals surface area contributed by atoms with E-state index in [9.17, 15) is 14.7 Å². The third-order valence-electron chi connectivity index (χ3n) is 2.71. The van der Waals surface area contributed by atoms with Gasteiger partial charge in [-0.05, 0) is 20.3 Å². The molecule has 0 bridgehead atoms. The fourth-order valence-corrected chi connectivity index (χ4v) is 1.57. The second kappa shape index (κ2) is 7.87. The molecule has 18 heavy (non-hydrogen) atoms. The SMILES string of the molecule is CCC(CO)N(CC(C)C(=O)O)C(=O)C=C(C)C. The molecule has 1 amide bonds. The number of carboxylic acids is 1. The van der Waals surface area contributed by atoms with E-state index in [0.29, 0.717) is 6.42 Å². The van der Waals surface area contributed by atoms with Gasteiger partial charge in [-0.15, -0.1) is 0 Å². The molecule has 0 aromatic heterocycles. The molecule has 0 heterocycles. The Morgan fingerprint density at radius 3 is 2.22 bits per heavy atom. The second-order valence-electron chi connectivity index (χ2n) is 4.70. The monoisotopic (exact) mass is 257 g/mol. The summed E-state index contributed by atoms with van der Waals surface area (Å²) < 4.78 is 0. The number of carbonyl (C=O) groups excluding carboxylic acids is 1. The van der Waals surface area contributed by atoms with Gasteiger partial charge in [-0.1, -0.05) is 19.4 Å². The molecular formula is C13H23NO4. The van der Waals surface area contributed by atoms with E-state index in [2.05, 4.69) is 0 Å². The molecule has 0 rings (SSSR count). The first-order chi connectivity index (χ1) is 8.33. The van der Waals surface area contributed by atoms with Crippen molar-refractivity contribution in [1.82, 2.24) is 4.90 Å². The molecule has 0 aliphatic carbocycles. The van der Waals surface area contributed by atoms with Gasteiger partial charge in [0.25, 0.3) is 0 Å². The van der Waals surface area contributed by atoms with Crippen LogP contribution in [0.25, 0.3) is 0 Å². The molecular weight excluding hydrogens is 234 g/mol. The van der Waals surface area contributed by atoms with Crippen molar-refractivity contribution in [3.63, 3.8) is 0 Å². The number of aliphatic carboxylic acids is 1. The van der Waals surface area contributed by atoms with Gasteiger partial charge >= 0.3 is 5.97 Å². The number of hydrogen-bond donors (Lipinski definition) is 2. The second-order valence-corrected chi connectivity index (χ2v) is 4.70. The first-order valence-electron chi connectivity index (χ1n) is 6.12. The predicted octanol–water partition coefficient (Wildman–Crippen LogP) is 1.27. The van der Waals surface area contributed by atoms with Gasteiger partial charge < -0.3 is 15.1 Å². The quantitative estimate of drug-likeness (QED) is 0.673. The van der Waals surface area contributed by atoms with E-state index in [1.807, 2.05) is 6.92 Å². The molecule has 0 radical (unpaired) electrons. The fraction of sp³-hybridized carbons (Fsp3) is 0.692. The highest BCUT2D eigenvalue weighted by Gasteiger charge is 2.24. The molecule has 5 heteroatoms. The molecule has 2 atom stereocenters. The van der Waals surface area contributed by atoms with Crippen molar-refractivity contribution in [1.29, 1.82) is 0 Å². The van der Waals surface area contributed by atoms with E-state index in [-0.39, 0.29) is 25.1 Å². The smallest absolute Gasteiger partial charge is 0.308 e. The van der Waals surface area contributed by atoms with Crippen LogP contribution in [0.15, 0.2) is 11.6 Å². The molecule has 0 aromatic carbocycles. The van der Waals surface area contributed by atoms with Crippen molar-refractivity contribution in [3.8, 4) is 0 Å². The zero-order valence-corrected chi connectivity index (χ0v) is 11.5. The minimum Gasteiger partial charge on any atom is -0.481 e. The van der Waals surface area contributed by atoms with E-state index >= 15 is 0 Å². The molecule has 0 saturated heterocycles. The predicted molar refractivity (Wildman–Crippen MR) is 69.1 cm³/mol. The summed E-state index contributed by atoms with van der Waals surface area (Å²) in [4.78, 5) is 24.3. The lowest BCUT2D eigenvalue weighted by atomic mass is 10.1. The Labute approximate surface area is 108 Å². The average Bonchev–Trinajstić information content (AvgIpc) is 2.27. The lowest BCUT2D eigenvalue weighted by molar-refractivity contribution is -0.143. The first kappa shape index (κ1) is 16.6. The number of rotatable bonds is 7. The highest BCUT2D eigenvalue weighted by atomic mass is 16.4. The maximum atomic E-state index is 12.0. The molecule has 2 unspecified atom stereocenters. The van der Waals surface area contributed by atoms with Crippen LogP contribution in [0.5, 0.6) is 0 Å². The molecule has 0 fully saturated rings. The molecule has 5 nitrogen and oxygen atoms in total. The van der Waals surface area contributed by atoms with E-state index in [1.54, 1.807) is 20.8 Å². The van der Waals surface area contributed by atoms with Gasteiger partial charge in [-0.3, -0.25) is 9.59 Å². The third kappa shape index (κ3) is 5.31. The fourth-order valence-electron chi connectivity index (χ4n) is 1.57. The van der Waals surface area contributed by atoms with Crippen LogP contribution in [0.3, 0.4) is 0 Å². The summed E-state index contributed by atoms with van der Waals surface area (Å²) in [6.45, 7) is 6.96. The summed E-state index contributed by atoms with van der Waals surface area (Å²) in [6, 6.07) is -0.338. The van der Waals surface area contributed by atoms with Gasteiger partial charge in [0, 0.05) is 12.6 Å². The zero-order valence-electron chi connectivity index (χ0n) is 11.5. The van der Waals surface area contributed by atoms with Crippen LogP contribution in [0, 0.1) is 5.92 Å². The van der Waals surface area contributed by atoms with Crippen LogP contribution in [0.2, 0.25) is 0 Å². The van der Waals surface area contributed by atoms with Gasteiger partial charge in [-0.25, -0.2) is 0 Å². The number of hydrogen-bond acceptors (Lipinski definition) is 3. The third-order valence-corrected chi connectivity index (χ3v) is 2.71. The lowest BCUT2D eigenvalue weighted by Crippen LogP contribution is -2.45. The zero-order chi connectivity index (χ0) is 14.3. The molecule has 0 aromatic rings. The van der Waals surface area contributed by atoms with Gasteiger partial charge in [0.1, 0.15) is 0 Å². The molecule has 0 saturated carbocycles. The van der Waals surface area contributed by atoms with Gasteiger partial charge in [0.15, 0.2) is 0 Å². The summed E-state index contributed by atoms with van der Waals surface area (Å²) in [5, 5.41) is 18.2. The van der Waals surface area contributed by atoms with Crippen molar-refractivity contribution in [2.75, 3.05) is 13.2 Å². The van der Waals surface area contributed by atoms with Gasteiger partial charge in [0.2, 0.25) is 5.91 Å². The summed E-state index contributed by atoms with van der Waals surface area (Å²) in [6.07, 6.45) is 2.05. The van der Waals surface area contributed by atoms with Crippen LogP contribution in [0.4, 0.5) is 0 Å². The Hall–Kier alpha value is -1.36. The van der Waals surface area contributed by atoms with E-state index in [4.69, 9.17) is 5.11 Å². The Balaban J connectivity index is 4.99. The van der Waals surface area contributed by atoms with Crippen molar-refractivity contribution < 1.29 is 19.8 Å². The Morgan fingerprint density at radius 2 is 1.89 bits per heavy atom. The molecule has 2 N–H and O–H groups in total. The minimum atomic E-state index is -0.946. The number of nitrogens with zero attached hydrogens (tertiary/aromatic N) is 1. The molecule has 104 valence electrons. The number of carbonyl (C=O) groups is 2. The van der Waals surface area contributed by atoms with Crippen molar-refractivity contribution in [2.45, 2.75) is 40.2 Å². The molecule has 0 aliphatic rings. The Bertz CT molecular complexity index is 317. The van der Waals surface area contributed by atoms with E-state index < -0.39 is 11.9 Å². The normalized spacial score (nSPS) is 13.6. The maximum absolute atomic E-state index is 12.0. The summed E-state index contributed by atoms with van der Waals surface area (Å²) in [5.41, 5.74) is 0.848. The van der Waals surface area contributed by atoms with Crippen molar-refractivity contribution in [3.05, 3.63) is 11.6 Å². The molecule has 0 spiro atoms. The van der Waals surface area contributed by atoms with Crippen LogP contribution in [0.1, 0.15) is 34.1 Å². The standard InChI is InChI=1S/C13H23NO4/c1-5-11(8-15)14(7-10(4)13(17)18)12(16)6-9(2)3/h6,10-11,15H,5,7-8H2,1-4H3,(H,17,18). The highest BCUT2D eigenvalue weighted by Crippen LogP contribution is 2.10. The van der Waals surface area contributed by atoms with Crippen LogP contribution in [-0.4, -0.2) is 46.2 Å². The van der Waals surface area contributed by atoms with Crippen LogP contribution < -0.4 is 0 Å². The number of aliphatic hydroxyl groups excluding tert-OH is 1. The number of carboxylic acid groups (broad SMARTS) is 1. The van der Waals surface area contributed by atoms with Crippen LogP contribution >= 0.6 is 0 Å². The van der Waals surface area contributed by atoms with E-state index in [0.717, 1.165) is 5.57 Å². The summed E-state index contributed by atoms with van der Waals surface area (Å²) >= 11 is 0. The minimum absolute atomic E-state index is 0.108. The summed E-state index contributed by atoms with van der Waals surface area (Å²) in [7, 11) is 0. The topological polar surface area (TPSA) is 77.8 Å². The maximum Gasteiger partial charge on any atom is 0.308 e. The average molecular weight is 257 g/mol. The van der Waals surface area contributed by atoms with Gasteiger partial charge in [-0.2, -0.15) is 0 Å². The number of amides is 1. The van der Waals surface area contributed by atoms with E-state index in [1.165, 1.54) is 11.0 Å². The molecule has 0 aliphatic heterocycles. The van der Waals surface area contributed by atoms with Crippen LogP contribution in [-0.2, 0) is 9.59 Å². The Kier molecular flexibility index (Phi) is 7.27. The first-order valence-corrected chi connectivity index (χ1v) is 6.12. The highest BCUT2D eigenvalue weighted by molar-refractivity contribution is 5.88. The summed E-state index contributed by atoms with van der Waals surface area (Å²) in [5.74, 6) is -1.85. The largest absolute Gasteiger partial charge is 0.481 e. The van der Waals surface area contributed by atoms with Crippen molar-refractivity contribution in [2.24, 2.45) is 5.92 Å².